The Hall–Kier alpha value is -3.94. The summed E-state index contributed by atoms with van der Waals surface area (Å²) in [6.07, 6.45) is 3.21. The summed E-state index contributed by atoms with van der Waals surface area (Å²) in [6.45, 7) is -0.581. The molecule has 0 fully saturated rings. The summed E-state index contributed by atoms with van der Waals surface area (Å²) in [5.41, 5.74) is 7.34. The number of rotatable bonds is 8. The van der Waals surface area contributed by atoms with E-state index in [1.165, 1.54) is 0 Å². The lowest BCUT2D eigenvalue weighted by Crippen LogP contribution is -2.24. The Bertz CT molecular complexity index is 1090. The maximum absolute atomic E-state index is 11.7. The van der Waals surface area contributed by atoms with Gasteiger partial charge in [0.05, 0.1) is 5.52 Å². The SMILES string of the molecule is N=Cc1c(C(=N)C(N)=O)c2c(OCC(=O)O)cccn2c1Cc1ccccc1. The second kappa shape index (κ2) is 7.75. The molecule has 2 aromatic heterocycles. The molecule has 0 bridgehead atoms. The molecule has 1 amide bonds. The highest BCUT2D eigenvalue weighted by Gasteiger charge is 2.25. The van der Waals surface area contributed by atoms with Crippen molar-refractivity contribution >= 4 is 29.3 Å². The Morgan fingerprint density at radius 2 is 1.89 bits per heavy atom. The predicted octanol–water partition coefficient (Wildman–Crippen LogP) is 1.84. The molecule has 142 valence electrons. The van der Waals surface area contributed by atoms with Gasteiger partial charge in [0.15, 0.2) is 6.61 Å². The van der Waals surface area contributed by atoms with Gasteiger partial charge in [-0.3, -0.25) is 10.2 Å². The van der Waals surface area contributed by atoms with E-state index in [-0.39, 0.29) is 11.3 Å². The van der Waals surface area contributed by atoms with E-state index >= 15 is 0 Å². The molecule has 5 N–H and O–H groups in total. The second-order valence-corrected chi connectivity index (χ2v) is 6.05. The zero-order valence-corrected chi connectivity index (χ0v) is 14.8. The van der Waals surface area contributed by atoms with Crippen LogP contribution in [0.25, 0.3) is 5.52 Å². The summed E-state index contributed by atoms with van der Waals surface area (Å²) in [5, 5.41) is 25.0. The maximum atomic E-state index is 11.7. The van der Waals surface area contributed by atoms with Crippen molar-refractivity contribution in [1.29, 1.82) is 10.8 Å². The Labute approximate surface area is 160 Å². The first-order chi connectivity index (χ1) is 13.4. The fourth-order valence-corrected chi connectivity index (χ4v) is 3.12. The van der Waals surface area contributed by atoms with Gasteiger partial charge in [0.1, 0.15) is 11.5 Å². The number of carbonyl (C=O) groups is 2. The number of aliphatic carboxylic acids is 1. The van der Waals surface area contributed by atoms with Crippen molar-refractivity contribution in [3.05, 3.63) is 71.0 Å². The summed E-state index contributed by atoms with van der Waals surface area (Å²) in [6, 6.07) is 12.8. The van der Waals surface area contributed by atoms with Crippen LogP contribution in [0.1, 0.15) is 22.4 Å². The number of nitrogens with zero attached hydrogens (tertiary/aromatic N) is 1. The minimum Gasteiger partial charge on any atom is -0.480 e. The second-order valence-electron chi connectivity index (χ2n) is 6.05. The monoisotopic (exact) mass is 378 g/mol. The molecule has 2 heterocycles. The Kier molecular flexibility index (Phi) is 5.21. The summed E-state index contributed by atoms with van der Waals surface area (Å²) in [5.74, 6) is -1.92. The first kappa shape index (κ1) is 18.8. The average Bonchev–Trinajstić information content (AvgIpc) is 3.00. The smallest absolute Gasteiger partial charge is 0.341 e. The molecule has 3 rings (SSSR count). The van der Waals surface area contributed by atoms with Gasteiger partial charge < -0.3 is 25.4 Å². The van der Waals surface area contributed by atoms with Crippen LogP contribution in [0.15, 0.2) is 48.7 Å². The summed E-state index contributed by atoms with van der Waals surface area (Å²) in [4.78, 5) is 22.7. The summed E-state index contributed by atoms with van der Waals surface area (Å²) >= 11 is 0. The number of hydrogen-bond donors (Lipinski definition) is 4. The van der Waals surface area contributed by atoms with Gasteiger partial charge in [-0.25, -0.2) is 4.79 Å². The molecule has 0 spiro atoms. The molecule has 0 saturated carbocycles. The number of ether oxygens (including phenoxy) is 1. The third-order valence-electron chi connectivity index (χ3n) is 4.27. The quantitative estimate of drug-likeness (QED) is 0.444. The van der Waals surface area contributed by atoms with Crippen molar-refractivity contribution in [3.63, 3.8) is 0 Å². The molecule has 1 aromatic carbocycles. The van der Waals surface area contributed by atoms with E-state index in [0.717, 1.165) is 11.8 Å². The van der Waals surface area contributed by atoms with Crippen LogP contribution >= 0.6 is 0 Å². The van der Waals surface area contributed by atoms with Crippen molar-refractivity contribution in [3.8, 4) is 5.75 Å². The Morgan fingerprint density at radius 1 is 1.18 bits per heavy atom. The number of hydrogen-bond acceptors (Lipinski definition) is 5. The van der Waals surface area contributed by atoms with Gasteiger partial charge in [0.2, 0.25) is 0 Å². The molecule has 0 atom stereocenters. The fourth-order valence-electron chi connectivity index (χ4n) is 3.12. The number of nitrogens with one attached hydrogen (secondary N) is 2. The largest absolute Gasteiger partial charge is 0.480 e. The lowest BCUT2D eigenvalue weighted by Gasteiger charge is -2.09. The first-order valence-corrected chi connectivity index (χ1v) is 8.37. The highest BCUT2D eigenvalue weighted by atomic mass is 16.5. The van der Waals surface area contributed by atoms with Crippen molar-refractivity contribution in [2.75, 3.05) is 6.61 Å². The number of aromatic nitrogens is 1. The van der Waals surface area contributed by atoms with Gasteiger partial charge >= 0.3 is 5.97 Å². The van der Waals surface area contributed by atoms with Crippen molar-refractivity contribution in [2.45, 2.75) is 6.42 Å². The maximum Gasteiger partial charge on any atom is 0.341 e. The minimum atomic E-state index is -1.16. The number of carboxylic acid groups (broad SMARTS) is 1. The number of benzene rings is 1. The number of fused-ring (bicyclic) bond motifs is 1. The molecule has 0 aliphatic rings. The fraction of sp³-hybridized carbons (Fsp3) is 0.100. The van der Waals surface area contributed by atoms with E-state index in [4.69, 9.17) is 26.4 Å². The van der Waals surface area contributed by atoms with E-state index in [1.807, 2.05) is 30.3 Å². The number of nitrogens with two attached hydrogens (primary N) is 1. The van der Waals surface area contributed by atoms with Gasteiger partial charge in [0.25, 0.3) is 5.91 Å². The van der Waals surface area contributed by atoms with Gasteiger partial charge in [-0.1, -0.05) is 30.3 Å². The van der Waals surface area contributed by atoms with Gasteiger partial charge in [-0.05, 0) is 17.7 Å². The van der Waals surface area contributed by atoms with Crippen LogP contribution in [0.4, 0.5) is 0 Å². The van der Waals surface area contributed by atoms with Crippen molar-refractivity contribution in [2.24, 2.45) is 5.73 Å². The molecule has 8 heteroatoms. The molecule has 0 radical (unpaired) electrons. The van der Waals surface area contributed by atoms with Crippen LogP contribution in [-0.4, -0.2) is 39.9 Å². The molecule has 0 aliphatic carbocycles. The highest BCUT2D eigenvalue weighted by Crippen LogP contribution is 2.32. The van der Waals surface area contributed by atoms with Crippen molar-refractivity contribution in [1.82, 2.24) is 4.40 Å². The predicted molar refractivity (Wildman–Crippen MR) is 104 cm³/mol. The standard InChI is InChI=1S/C20H18N4O4/c21-10-13-14(9-12-5-2-1-3-6-12)24-8-4-7-15(28-11-16(25)26)19(24)17(13)18(22)20(23)27/h1-8,10,21-22H,9,11H2,(H2,23,27)(H,25,26). The molecule has 28 heavy (non-hydrogen) atoms. The number of primary amides is 1. The van der Waals surface area contributed by atoms with Crippen LogP contribution in [0.3, 0.4) is 0 Å². The Balaban J connectivity index is 2.29. The van der Waals surface area contributed by atoms with Crippen LogP contribution in [0, 0.1) is 10.8 Å². The van der Waals surface area contributed by atoms with E-state index < -0.39 is 24.2 Å². The van der Waals surface area contributed by atoms with Crippen LogP contribution in [0.2, 0.25) is 0 Å². The highest BCUT2D eigenvalue weighted by molar-refractivity contribution is 6.46. The number of amides is 1. The topological polar surface area (TPSA) is 142 Å². The third kappa shape index (κ3) is 3.48. The molecule has 0 unspecified atom stereocenters. The lowest BCUT2D eigenvalue weighted by atomic mass is 10.0. The molecular formula is C20H18N4O4. The molecule has 8 nitrogen and oxygen atoms in total. The summed E-state index contributed by atoms with van der Waals surface area (Å²) in [7, 11) is 0. The van der Waals surface area contributed by atoms with Crippen LogP contribution in [0.5, 0.6) is 5.75 Å². The molecule has 0 saturated heterocycles. The normalized spacial score (nSPS) is 10.6. The zero-order chi connectivity index (χ0) is 20.3. The van der Waals surface area contributed by atoms with Gasteiger partial charge in [-0.2, -0.15) is 0 Å². The average molecular weight is 378 g/mol. The number of pyridine rings is 1. The summed E-state index contributed by atoms with van der Waals surface area (Å²) < 4.78 is 7.08. The lowest BCUT2D eigenvalue weighted by molar-refractivity contribution is -0.139. The molecule has 0 aliphatic heterocycles. The van der Waals surface area contributed by atoms with Crippen molar-refractivity contribution < 1.29 is 19.4 Å². The molecular weight excluding hydrogens is 360 g/mol. The first-order valence-electron chi connectivity index (χ1n) is 8.37. The van der Waals surface area contributed by atoms with Crippen LogP contribution < -0.4 is 10.5 Å². The van der Waals surface area contributed by atoms with E-state index in [9.17, 15) is 9.59 Å². The Morgan fingerprint density at radius 3 is 2.50 bits per heavy atom. The van der Waals surface area contributed by atoms with E-state index in [0.29, 0.717) is 23.2 Å². The number of carboxylic acids is 1. The third-order valence-corrected chi connectivity index (χ3v) is 4.27. The zero-order valence-electron chi connectivity index (χ0n) is 14.8. The van der Waals surface area contributed by atoms with Gasteiger partial charge in [0, 0.05) is 35.7 Å². The number of carbonyl (C=O) groups excluding carboxylic acids is 1. The molecule has 3 aromatic rings. The van der Waals surface area contributed by atoms with E-state index in [2.05, 4.69) is 0 Å². The van der Waals surface area contributed by atoms with Crippen LogP contribution in [-0.2, 0) is 16.0 Å². The van der Waals surface area contributed by atoms with Gasteiger partial charge in [-0.15, -0.1) is 0 Å². The minimum absolute atomic E-state index is 0.148. The van der Waals surface area contributed by atoms with E-state index in [1.54, 1.807) is 22.7 Å².